The maximum absolute atomic E-state index is 14.0. The molecule has 0 unspecified atom stereocenters. The quantitative estimate of drug-likeness (QED) is 0.418. The molecular formula is C25H25F2N5O3. The maximum Gasteiger partial charge on any atom is 0.333 e. The van der Waals surface area contributed by atoms with Crippen molar-refractivity contribution in [3.8, 4) is 0 Å². The second-order valence-electron chi connectivity index (χ2n) is 8.71. The van der Waals surface area contributed by atoms with Gasteiger partial charge in [0.2, 0.25) is 5.91 Å². The first-order chi connectivity index (χ1) is 16.7. The highest BCUT2D eigenvalue weighted by molar-refractivity contribution is 5.90. The van der Waals surface area contributed by atoms with E-state index < -0.39 is 35.3 Å². The number of carbonyl (C=O) groups is 1. The molecule has 4 rings (SSSR count). The monoisotopic (exact) mass is 481 g/mol. The summed E-state index contributed by atoms with van der Waals surface area (Å²) in [5.41, 5.74) is -0.549. The van der Waals surface area contributed by atoms with Gasteiger partial charge in [-0.3, -0.25) is 14.2 Å². The number of benzene rings is 2. The van der Waals surface area contributed by atoms with Crippen molar-refractivity contribution in [2.75, 3.05) is 5.32 Å². The number of anilines is 1. The number of nitrogens with zero attached hydrogens (tertiary/aromatic N) is 4. The second kappa shape index (κ2) is 10.0. The van der Waals surface area contributed by atoms with Gasteiger partial charge in [0.05, 0.1) is 18.6 Å². The van der Waals surface area contributed by atoms with Gasteiger partial charge in [0.25, 0.3) is 5.56 Å². The number of rotatable bonds is 8. The van der Waals surface area contributed by atoms with Crippen LogP contribution in [-0.2, 0) is 24.4 Å². The molecule has 1 N–H and O–H groups in total. The van der Waals surface area contributed by atoms with Crippen LogP contribution in [0, 0.1) is 17.6 Å². The molecule has 2 heterocycles. The number of hydrogen-bond donors (Lipinski definition) is 1. The molecule has 0 saturated carbocycles. The molecule has 35 heavy (non-hydrogen) atoms. The number of imidazole rings is 1. The van der Waals surface area contributed by atoms with Crippen molar-refractivity contribution in [2.45, 2.75) is 39.9 Å². The highest BCUT2D eigenvalue weighted by Gasteiger charge is 2.20. The fourth-order valence-corrected chi connectivity index (χ4v) is 3.78. The number of carbonyl (C=O) groups excluding carboxylic acids is 1. The topological polar surface area (TPSA) is 90.9 Å². The lowest BCUT2D eigenvalue weighted by Gasteiger charge is -2.13. The van der Waals surface area contributed by atoms with E-state index in [4.69, 9.17) is 0 Å². The SMILES string of the molecule is CC(C)CCn1cnc2c1c(=O)n(CC(=O)Nc1cc(F)ccc1F)c(=O)n2Cc1ccccc1. The lowest BCUT2D eigenvalue weighted by Crippen LogP contribution is -2.43. The van der Waals surface area contributed by atoms with Crippen molar-refractivity contribution < 1.29 is 13.6 Å². The van der Waals surface area contributed by atoms with Crippen molar-refractivity contribution in [2.24, 2.45) is 5.92 Å². The first-order valence-corrected chi connectivity index (χ1v) is 11.2. The zero-order valence-corrected chi connectivity index (χ0v) is 19.4. The molecule has 2 aromatic heterocycles. The Morgan fingerprint density at radius 1 is 1.06 bits per heavy atom. The van der Waals surface area contributed by atoms with Gasteiger partial charge in [0.1, 0.15) is 18.2 Å². The predicted octanol–water partition coefficient (Wildman–Crippen LogP) is 3.37. The Morgan fingerprint density at radius 2 is 1.80 bits per heavy atom. The van der Waals surface area contributed by atoms with Gasteiger partial charge in [0.15, 0.2) is 11.2 Å². The van der Waals surface area contributed by atoms with Crippen LogP contribution >= 0.6 is 0 Å². The summed E-state index contributed by atoms with van der Waals surface area (Å²) in [7, 11) is 0. The van der Waals surface area contributed by atoms with Gasteiger partial charge < -0.3 is 9.88 Å². The lowest BCUT2D eigenvalue weighted by molar-refractivity contribution is -0.116. The molecule has 0 saturated heterocycles. The molecule has 10 heteroatoms. The number of halogens is 2. The Balaban J connectivity index is 1.78. The molecule has 0 radical (unpaired) electrons. The molecular weight excluding hydrogens is 456 g/mol. The minimum absolute atomic E-state index is 0.137. The molecule has 0 spiro atoms. The summed E-state index contributed by atoms with van der Waals surface area (Å²) in [6, 6.07) is 11.8. The first kappa shape index (κ1) is 24.1. The van der Waals surface area contributed by atoms with Gasteiger partial charge in [-0.1, -0.05) is 44.2 Å². The third kappa shape index (κ3) is 5.21. The third-order valence-electron chi connectivity index (χ3n) is 5.62. The van der Waals surface area contributed by atoms with E-state index in [1.54, 1.807) is 4.57 Å². The molecule has 1 amide bonds. The Bertz CT molecular complexity index is 1490. The Hall–Kier alpha value is -4.08. The van der Waals surface area contributed by atoms with Crippen molar-refractivity contribution in [1.82, 2.24) is 18.7 Å². The number of aryl methyl sites for hydroxylation is 1. The summed E-state index contributed by atoms with van der Waals surface area (Å²) in [6.45, 7) is 4.08. The van der Waals surface area contributed by atoms with Crippen molar-refractivity contribution >= 4 is 22.8 Å². The maximum atomic E-state index is 14.0. The van der Waals surface area contributed by atoms with Crippen molar-refractivity contribution in [1.29, 1.82) is 0 Å². The minimum Gasteiger partial charge on any atom is -0.325 e. The lowest BCUT2D eigenvalue weighted by atomic mass is 10.1. The number of nitrogens with one attached hydrogen (secondary N) is 1. The first-order valence-electron chi connectivity index (χ1n) is 11.2. The van der Waals surface area contributed by atoms with E-state index in [2.05, 4.69) is 24.1 Å². The fraction of sp³-hybridized carbons (Fsp3) is 0.280. The molecule has 0 bridgehead atoms. The van der Waals surface area contributed by atoms with Gasteiger partial charge >= 0.3 is 5.69 Å². The minimum atomic E-state index is -0.840. The molecule has 8 nitrogen and oxygen atoms in total. The summed E-state index contributed by atoms with van der Waals surface area (Å²) in [4.78, 5) is 43.7. The molecule has 0 fully saturated rings. The van der Waals surface area contributed by atoms with E-state index in [1.165, 1.54) is 10.9 Å². The second-order valence-corrected chi connectivity index (χ2v) is 8.71. The van der Waals surface area contributed by atoms with E-state index in [1.807, 2.05) is 30.3 Å². The third-order valence-corrected chi connectivity index (χ3v) is 5.62. The molecule has 4 aromatic rings. The van der Waals surface area contributed by atoms with E-state index in [0.717, 1.165) is 34.8 Å². The van der Waals surface area contributed by atoms with Gasteiger partial charge in [-0.25, -0.2) is 23.1 Å². The Labute approximate surface area is 199 Å². The number of fused-ring (bicyclic) bond motifs is 1. The van der Waals surface area contributed by atoms with Gasteiger partial charge in [-0.05, 0) is 30.0 Å². The normalized spacial score (nSPS) is 11.3. The molecule has 0 aliphatic rings. The summed E-state index contributed by atoms with van der Waals surface area (Å²) < 4.78 is 31.3. The van der Waals surface area contributed by atoms with E-state index in [9.17, 15) is 23.2 Å². The van der Waals surface area contributed by atoms with E-state index in [0.29, 0.717) is 12.5 Å². The van der Waals surface area contributed by atoms with Crippen LogP contribution < -0.4 is 16.6 Å². The number of amides is 1. The van der Waals surface area contributed by atoms with Crippen LogP contribution in [0.2, 0.25) is 0 Å². The Kier molecular flexibility index (Phi) is 6.90. The largest absolute Gasteiger partial charge is 0.333 e. The van der Waals surface area contributed by atoms with Gasteiger partial charge in [-0.2, -0.15) is 0 Å². The summed E-state index contributed by atoms with van der Waals surface area (Å²) >= 11 is 0. The average Bonchev–Trinajstić information content (AvgIpc) is 3.25. The van der Waals surface area contributed by atoms with Crippen LogP contribution in [0.15, 0.2) is 64.4 Å². The number of hydrogen-bond acceptors (Lipinski definition) is 4. The van der Waals surface area contributed by atoms with Crippen molar-refractivity contribution in [3.05, 3.63) is 92.9 Å². The Morgan fingerprint density at radius 3 is 2.51 bits per heavy atom. The zero-order chi connectivity index (χ0) is 25.1. The molecule has 2 aromatic carbocycles. The summed E-state index contributed by atoms with van der Waals surface area (Å²) in [6.07, 6.45) is 2.30. The molecule has 0 atom stereocenters. The highest BCUT2D eigenvalue weighted by atomic mass is 19.1. The number of aromatic nitrogens is 4. The predicted molar refractivity (Wildman–Crippen MR) is 128 cm³/mol. The highest BCUT2D eigenvalue weighted by Crippen LogP contribution is 2.16. The van der Waals surface area contributed by atoms with Crippen molar-refractivity contribution in [3.63, 3.8) is 0 Å². The molecule has 0 aliphatic heterocycles. The van der Waals surface area contributed by atoms with Gasteiger partial charge in [0, 0.05) is 12.6 Å². The molecule has 182 valence electrons. The van der Waals surface area contributed by atoms with Crippen LogP contribution in [0.4, 0.5) is 14.5 Å². The standard InChI is InChI=1S/C25H25F2N5O3/c1-16(2)10-11-30-15-28-23-22(30)24(34)32(25(35)31(23)13-17-6-4-3-5-7-17)14-21(33)29-20-12-18(26)8-9-19(20)27/h3-9,12,15-16H,10-11,13-14H2,1-2H3,(H,29,33). The van der Waals surface area contributed by atoms with Gasteiger partial charge in [-0.15, -0.1) is 0 Å². The van der Waals surface area contributed by atoms with Crippen LogP contribution in [0.1, 0.15) is 25.8 Å². The summed E-state index contributed by atoms with van der Waals surface area (Å²) in [5.74, 6) is -2.04. The molecule has 0 aliphatic carbocycles. The van der Waals surface area contributed by atoms with Crippen LogP contribution in [0.5, 0.6) is 0 Å². The van der Waals surface area contributed by atoms with E-state index >= 15 is 0 Å². The van der Waals surface area contributed by atoms with Crippen LogP contribution in [0.25, 0.3) is 11.2 Å². The smallest absolute Gasteiger partial charge is 0.325 e. The van der Waals surface area contributed by atoms with E-state index in [-0.39, 0.29) is 23.4 Å². The average molecular weight is 482 g/mol. The fourth-order valence-electron chi connectivity index (χ4n) is 3.78. The summed E-state index contributed by atoms with van der Waals surface area (Å²) in [5, 5.41) is 2.24. The zero-order valence-electron chi connectivity index (χ0n) is 19.4. The van der Waals surface area contributed by atoms with Crippen LogP contribution in [-0.4, -0.2) is 24.6 Å². The van der Waals surface area contributed by atoms with Crippen LogP contribution in [0.3, 0.4) is 0 Å².